The Labute approximate surface area is 154 Å². The van der Waals surface area contributed by atoms with Crippen molar-refractivity contribution < 1.29 is 19.1 Å². The second kappa shape index (κ2) is 7.48. The van der Waals surface area contributed by atoms with Gasteiger partial charge in [-0.25, -0.2) is 4.79 Å². The summed E-state index contributed by atoms with van der Waals surface area (Å²) >= 11 is 0. The third kappa shape index (κ3) is 4.06. The van der Waals surface area contributed by atoms with Crippen LogP contribution < -0.4 is 5.32 Å². The molecule has 0 radical (unpaired) electrons. The zero-order valence-corrected chi connectivity index (χ0v) is 16.2. The van der Waals surface area contributed by atoms with Crippen molar-refractivity contribution in [2.24, 2.45) is 0 Å². The number of amides is 3. The monoisotopic (exact) mass is 360 g/mol. The molecule has 142 valence electrons. The van der Waals surface area contributed by atoms with Crippen LogP contribution in [0.2, 0.25) is 0 Å². The minimum atomic E-state index is -0.903. The molecule has 0 aliphatic carbocycles. The van der Waals surface area contributed by atoms with Gasteiger partial charge in [0.1, 0.15) is 18.7 Å². The topological polar surface area (TPSA) is 75.7 Å². The molecule has 26 heavy (non-hydrogen) atoms. The van der Waals surface area contributed by atoms with Gasteiger partial charge in [-0.2, -0.15) is 0 Å². The zero-order valence-electron chi connectivity index (χ0n) is 16.2. The molecule has 3 amide bonds. The first-order chi connectivity index (χ1) is 12.1. The van der Waals surface area contributed by atoms with Crippen LogP contribution in [-0.4, -0.2) is 34.9 Å². The predicted molar refractivity (Wildman–Crippen MR) is 98.5 cm³/mol. The van der Waals surface area contributed by atoms with Crippen LogP contribution in [0.5, 0.6) is 0 Å². The number of rotatable bonds is 6. The number of imide groups is 1. The van der Waals surface area contributed by atoms with E-state index in [1.807, 2.05) is 38.1 Å². The van der Waals surface area contributed by atoms with Crippen molar-refractivity contribution >= 4 is 17.9 Å². The summed E-state index contributed by atoms with van der Waals surface area (Å²) in [5.74, 6) is -0.963. The molecule has 1 saturated heterocycles. The molecular formula is C20H28N2O4. The SMILES string of the molecule is CCC1(CC)NC(=O)N(CC(=O)OCc2ccc(C(C)(C)C)cc2)C1=O. The molecule has 0 aromatic heterocycles. The molecule has 6 nitrogen and oxygen atoms in total. The number of carbonyl (C=O) groups is 3. The number of urea groups is 1. The van der Waals surface area contributed by atoms with Crippen LogP contribution in [0.25, 0.3) is 0 Å². The minimum Gasteiger partial charge on any atom is -0.459 e. The summed E-state index contributed by atoms with van der Waals surface area (Å²) in [5.41, 5.74) is 1.21. The number of nitrogens with zero attached hydrogens (tertiary/aromatic N) is 1. The molecule has 0 atom stereocenters. The largest absolute Gasteiger partial charge is 0.459 e. The molecule has 0 saturated carbocycles. The van der Waals surface area contributed by atoms with E-state index >= 15 is 0 Å². The van der Waals surface area contributed by atoms with Crippen LogP contribution in [-0.2, 0) is 26.3 Å². The zero-order chi connectivity index (χ0) is 19.5. The van der Waals surface area contributed by atoms with Gasteiger partial charge in [0.25, 0.3) is 5.91 Å². The average Bonchev–Trinajstić information content (AvgIpc) is 2.84. The van der Waals surface area contributed by atoms with Gasteiger partial charge >= 0.3 is 12.0 Å². The van der Waals surface area contributed by atoms with Gasteiger partial charge in [0.2, 0.25) is 0 Å². The van der Waals surface area contributed by atoms with E-state index in [4.69, 9.17) is 4.74 Å². The molecule has 6 heteroatoms. The van der Waals surface area contributed by atoms with Gasteiger partial charge in [-0.3, -0.25) is 14.5 Å². The van der Waals surface area contributed by atoms with Gasteiger partial charge in [0.15, 0.2) is 0 Å². The van der Waals surface area contributed by atoms with Crippen molar-refractivity contribution in [2.45, 2.75) is 65.0 Å². The minimum absolute atomic E-state index is 0.0593. The Balaban J connectivity index is 1.93. The summed E-state index contributed by atoms with van der Waals surface area (Å²) in [5, 5.41) is 2.70. The fourth-order valence-corrected chi connectivity index (χ4v) is 2.99. The van der Waals surface area contributed by atoms with Gasteiger partial charge in [0.05, 0.1) is 0 Å². The maximum Gasteiger partial charge on any atom is 0.326 e. The van der Waals surface area contributed by atoms with Gasteiger partial charge in [-0.1, -0.05) is 58.9 Å². The Morgan fingerprint density at radius 1 is 1.12 bits per heavy atom. The van der Waals surface area contributed by atoms with Crippen LogP contribution in [0.1, 0.15) is 58.6 Å². The van der Waals surface area contributed by atoms with E-state index in [1.54, 1.807) is 0 Å². The smallest absolute Gasteiger partial charge is 0.326 e. The molecule has 0 bridgehead atoms. The van der Waals surface area contributed by atoms with Crippen molar-refractivity contribution in [3.63, 3.8) is 0 Å². The molecule has 1 aromatic rings. The van der Waals surface area contributed by atoms with E-state index in [0.29, 0.717) is 12.8 Å². The second-order valence-corrected chi connectivity index (χ2v) is 7.72. The third-order valence-electron chi connectivity index (χ3n) is 4.96. The van der Waals surface area contributed by atoms with Gasteiger partial charge in [0, 0.05) is 0 Å². The van der Waals surface area contributed by atoms with Crippen molar-refractivity contribution in [1.82, 2.24) is 10.2 Å². The molecule has 1 heterocycles. The lowest BCUT2D eigenvalue weighted by Gasteiger charge is -2.22. The van der Waals surface area contributed by atoms with Gasteiger partial charge < -0.3 is 10.1 Å². The third-order valence-corrected chi connectivity index (χ3v) is 4.96. The Bertz CT molecular complexity index is 685. The highest BCUT2D eigenvalue weighted by Gasteiger charge is 2.49. The highest BCUT2D eigenvalue weighted by molar-refractivity contribution is 6.08. The van der Waals surface area contributed by atoms with Crippen LogP contribution in [0.15, 0.2) is 24.3 Å². The summed E-state index contributed by atoms with van der Waals surface area (Å²) in [4.78, 5) is 37.5. The summed E-state index contributed by atoms with van der Waals surface area (Å²) in [6, 6.07) is 7.32. The van der Waals surface area contributed by atoms with E-state index in [9.17, 15) is 14.4 Å². The van der Waals surface area contributed by atoms with E-state index in [-0.39, 0.29) is 24.5 Å². The Kier molecular flexibility index (Phi) is 5.74. The summed E-state index contributed by atoms with van der Waals surface area (Å²) < 4.78 is 5.23. The van der Waals surface area contributed by atoms with Crippen molar-refractivity contribution in [3.05, 3.63) is 35.4 Å². The molecule has 1 fully saturated rings. The maximum absolute atomic E-state index is 12.5. The van der Waals surface area contributed by atoms with Crippen molar-refractivity contribution in [3.8, 4) is 0 Å². The highest BCUT2D eigenvalue weighted by atomic mass is 16.5. The van der Waals surface area contributed by atoms with Gasteiger partial charge in [-0.15, -0.1) is 0 Å². The lowest BCUT2D eigenvalue weighted by molar-refractivity contribution is -0.148. The number of ether oxygens (including phenoxy) is 1. The molecule has 0 unspecified atom stereocenters. The molecule has 1 aromatic carbocycles. The Morgan fingerprint density at radius 2 is 1.69 bits per heavy atom. The van der Waals surface area contributed by atoms with Crippen molar-refractivity contribution in [2.75, 3.05) is 6.54 Å². The number of nitrogens with one attached hydrogen (secondary N) is 1. The number of esters is 1. The maximum atomic E-state index is 12.5. The number of carbonyl (C=O) groups excluding carboxylic acids is 3. The first-order valence-electron chi connectivity index (χ1n) is 9.02. The van der Waals surface area contributed by atoms with Gasteiger partial charge in [-0.05, 0) is 29.4 Å². The van der Waals surface area contributed by atoms with Crippen molar-refractivity contribution in [1.29, 1.82) is 0 Å². The molecular weight excluding hydrogens is 332 g/mol. The summed E-state index contributed by atoms with van der Waals surface area (Å²) in [6.45, 7) is 9.81. The quantitative estimate of drug-likeness (QED) is 0.625. The first kappa shape index (κ1) is 19.9. The second-order valence-electron chi connectivity index (χ2n) is 7.72. The van der Waals surface area contributed by atoms with Crippen LogP contribution in [0.4, 0.5) is 4.79 Å². The number of hydrogen-bond donors (Lipinski definition) is 1. The van der Waals surface area contributed by atoms with E-state index in [0.717, 1.165) is 10.5 Å². The molecule has 2 rings (SSSR count). The van der Waals surface area contributed by atoms with Crippen LogP contribution in [0.3, 0.4) is 0 Å². The Morgan fingerprint density at radius 3 is 2.15 bits per heavy atom. The molecule has 1 aliphatic rings. The summed E-state index contributed by atoms with van der Waals surface area (Å²) in [6.07, 6.45) is 0.972. The lowest BCUT2D eigenvalue weighted by Crippen LogP contribution is -2.46. The molecule has 0 spiro atoms. The highest BCUT2D eigenvalue weighted by Crippen LogP contribution is 2.25. The standard InChI is InChI=1S/C20H28N2O4/c1-6-20(7-2)17(24)22(18(25)21-20)12-16(23)26-13-14-8-10-15(11-9-14)19(3,4)5/h8-11H,6-7,12-13H2,1-5H3,(H,21,25). The Hall–Kier alpha value is -2.37. The summed E-state index contributed by atoms with van der Waals surface area (Å²) in [7, 11) is 0. The fourth-order valence-electron chi connectivity index (χ4n) is 2.99. The molecule has 1 aliphatic heterocycles. The number of hydrogen-bond acceptors (Lipinski definition) is 4. The predicted octanol–water partition coefficient (Wildman–Crippen LogP) is 3.14. The number of benzene rings is 1. The first-order valence-corrected chi connectivity index (χ1v) is 9.02. The average molecular weight is 360 g/mol. The van der Waals surface area contributed by atoms with E-state index in [2.05, 4.69) is 26.1 Å². The van der Waals surface area contributed by atoms with E-state index < -0.39 is 17.5 Å². The van der Waals surface area contributed by atoms with Crippen LogP contribution in [0, 0.1) is 0 Å². The normalized spacial score (nSPS) is 16.6. The lowest BCUT2D eigenvalue weighted by atomic mass is 9.87. The fraction of sp³-hybridized carbons (Fsp3) is 0.550. The molecule has 1 N–H and O–H groups in total. The van der Waals surface area contributed by atoms with Crippen LogP contribution >= 0.6 is 0 Å². The van der Waals surface area contributed by atoms with E-state index in [1.165, 1.54) is 5.56 Å².